The molecule has 134 valence electrons. The van der Waals surface area contributed by atoms with E-state index in [2.05, 4.69) is 15.0 Å². The summed E-state index contributed by atoms with van der Waals surface area (Å²) < 4.78 is 3.60. The number of imidazole rings is 1. The number of para-hydroxylation sites is 1. The number of carbonyl (C=O) groups is 1. The van der Waals surface area contributed by atoms with E-state index in [9.17, 15) is 9.90 Å². The standard InChI is InChI=1S/C19H21N5O2/c25-18(26)19(23-11-8-20-15-23)6-9-22(10-7-19)13-16-12-21-24(14-16)17-4-2-1-3-5-17/h1-5,8,11-12,14-15H,6-7,9-10,13H2,(H,25,26). The first kappa shape index (κ1) is 16.5. The number of hydrogen-bond acceptors (Lipinski definition) is 4. The molecular weight excluding hydrogens is 330 g/mol. The molecule has 1 aromatic carbocycles. The van der Waals surface area contributed by atoms with Crippen molar-refractivity contribution >= 4 is 5.97 Å². The third-order valence-electron chi connectivity index (χ3n) is 5.14. The minimum Gasteiger partial charge on any atom is -0.479 e. The van der Waals surface area contributed by atoms with Crippen molar-refractivity contribution in [1.82, 2.24) is 24.2 Å². The van der Waals surface area contributed by atoms with Crippen LogP contribution in [0.3, 0.4) is 0 Å². The molecule has 1 aliphatic rings. The molecule has 3 heterocycles. The summed E-state index contributed by atoms with van der Waals surface area (Å²) in [5, 5.41) is 14.2. The van der Waals surface area contributed by atoms with E-state index in [1.54, 1.807) is 23.3 Å². The van der Waals surface area contributed by atoms with E-state index in [1.165, 1.54) is 0 Å². The molecular formula is C19H21N5O2. The first-order valence-corrected chi connectivity index (χ1v) is 8.70. The fourth-order valence-electron chi connectivity index (χ4n) is 3.60. The Kier molecular flexibility index (Phi) is 4.30. The summed E-state index contributed by atoms with van der Waals surface area (Å²) in [7, 11) is 0. The van der Waals surface area contributed by atoms with E-state index in [1.807, 2.05) is 47.4 Å². The van der Waals surface area contributed by atoms with Crippen LogP contribution in [0.4, 0.5) is 0 Å². The fourth-order valence-corrected chi connectivity index (χ4v) is 3.60. The Morgan fingerprint density at radius 2 is 1.96 bits per heavy atom. The first-order chi connectivity index (χ1) is 12.7. The van der Waals surface area contributed by atoms with Gasteiger partial charge in [0.25, 0.3) is 0 Å². The smallest absolute Gasteiger partial charge is 0.330 e. The van der Waals surface area contributed by atoms with E-state index in [4.69, 9.17) is 0 Å². The lowest BCUT2D eigenvalue weighted by molar-refractivity contribution is -0.150. The van der Waals surface area contributed by atoms with E-state index in [0.717, 1.165) is 30.9 Å². The van der Waals surface area contributed by atoms with Crippen LogP contribution < -0.4 is 0 Å². The van der Waals surface area contributed by atoms with Crippen LogP contribution in [0.15, 0.2) is 61.4 Å². The SMILES string of the molecule is O=C(O)C1(n2ccnc2)CCN(Cc2cnn(-c3ccccc3)c2)CC1. The van der Waals surface area contributed by atoms with Gasteiger partial charge in [-0.15, -0.1) is 0 Å². The summed E-state index contributed by atoms with van der Waals surface area (Å²) in [6.45, 7) is 2.22. The Hall–Kier alpha value is -2.93. The maximum absolute atomic E-state index is 11.9. The maximum Gasteiger partial charge on any atom is 0.330 e. The average Bonchev–Trinajstić information content (AvgIpc) is 3.35. The highest BCUT2D eigenvalue weighted by Gasteiger charge is 2.43. The van der Waals surface area contributed by atoms with Gasteiger partial charge in [0.2, 0.25) is 0 Å². The predicted octanol–water partition coefficient (Wildman–Crippen LogP) is 2.14. The zero-order valence-corrected chi connectivity index (χ0v) is 14.4. The van der Waals surface area contributed by atoms with Gasteiger partial charge in [0.15, 0.2) is 0 Å². The van der Waals surface area contributed by atoms with Gasteiger partial charge < -0.3 is 9.67 Å². The molecule has 1 N–H and O–H groups in total. The summed E-state index contributed by atoms with van der Waals surface area (Å²) >= 11 is 0. The summed E-state index contributed by atoms with van der Waals surface area (Å²) in [4.78, 5) is 18.2. The van der Waals surface area contributed by atoms with Crippen LogP contribution in [0.2, 0.25) is 0 Å². The molecule has 0 saturated carbocycles. The van der Waals surface area contributed by atoms with Gasteiger partial charge in [-0.05, 0) is 25.0 Å². The number of aliphatic carboxylic acids is 1. The van der Waals surface area contributed by atoms with E-state index < -0.39 is 11.5 Å². The lowest BCUT2D eigenvalue weighted by Gasteiger charge is -2.39. The van der Waals surface area contributed by atoms with Gasteiger partial charge >= 0.3 is 5.97 Å². The highest BCUT2D eigenvalue weighted by Crippen LogP contribution is 2.31. The first-order valence-electron chi connectivity index (χ1n) is 8.70. The van der Waals surface area contributed by atoms with Gasteiger partial charge in [-0.1, -0.05) is 18.2 Å². The molecule has 1 saturated heterocycles. The molecule has 1 aliphatic heterocycles. The Balaban J connectivity index is 1.43. The van der Waals surface area contributed by atoms with E-state index in [-0.39, 0.29) is 0 Å². The van der Waals surface area contributed by atoms with Crippen LogP contribution in [-0.4, -0.2) is 48.4 Å². The fraction of sp³-hybridized carbons (Fsp3) is 0.316. The number of benzene rings is 1. The third-order valence-corrected chi connectivity index (χ3v) is 5.14. The molecule has 1 fully saturated rings. The summed E-state index contributed by atoms with van der Waals surface area (Å²) in [5.41, 5.74) is 1.27. The topological polar surface area (TPSA) is 76.2 Å². The zero-order chi connectivity index (χ0) is 18.0. The number of aromatic nitrogens is 4. The Labute approximate surface area is 151 Å². The van der Waals surface area contributed by atoms with Gasteiger partial charge in [-0.25, -0.2) is 14.5 Å². The zero-order valence-electron chi connectivity index (χ0n) is 14.4. The van der Waals surface area contributed by atoms with Crippen molar-refractivity contribution in [3.63, 3.8) is 0 Å². The van der Waals surface area contributed by atoms with Crippen molar-refractivity contribution in [3.05, 3.63) is 67.0 Å². The van der Waals surface area contributed by atoms with Crippen molar-refractivity contribution in [2.24, 2.45) is 0 Å². The van der Waals surface area contributed by atoms with Gasteiger partial charge in [0, 0.05) is 43.8 Å². The van der Waals surface area contributed by atoms with Gasteiger partial charge in [0.05, 0.1) is 18.2 Å². The summed E-state index contributed by atoms with van der Waals surface area (Å²) in [6.07, 6.45) is 10.0. The monoisotopic (exact) mass is 351 g/mol. The minimum absolute atomic E-state index is 0.561. The second-order valence-electron chi connectivity index (χ2n) is 6.71. The number of rotatable bonds is 5. The third kappa shape index (κ3) is 3.01. The predicted molar refractivity (Wildman–Crippen MR) is 95.9 cm³/mol. The largest absolute Gasteiger partial charge is 0.479 e. The molecule has 0 spiro atoms. The van der Waals surface area contributed by atoms with Crippen molar-refractivity contribution in [2.75, 3.05) is 13.1 Å². The Bertz CT molecular complexity index is 864. The highest BCUT2D eigenvalue weighted by atomic mass is 16.4. The number of likely N-dealkylation sites (tertiary alicyclic amines) is 1. The second-order valence-corrected chi connectivity index (χ2v) is 6.71. The van der Waals surface area contributed by atoms with Crippen molar-refractivity contribution in [3.8, 4) is 5.69 Å². The van der Waals surface area contributed by atoms with Crippen LogP contribution in [0.25, 0.3) is 5.69 Å². The molecule has 7 nitrogen and oxygen atoms in total. The van der Waals surface area contributed by atoms with Crippen LogP contribution in [-0.2, 0) is 16.9 Å². The molecule has 7 heteroatoms. The number of nitrogens with zero attached hydrogens (tertiary/aromatic N) is 5. The number of piperidine rings is 1. The molecule has 2 aromatic heterocycles. The van der Waals surface area contributed by atoms with Crippen LogP contribution in [0.5, 0.6) is 0 Å². The van der Waals surface area contributed by atoms with Crippen LogP contribution in [0, 0.1) is 0 Å². The summed E-state index contributed by atoms with van der Waals surface area (Å²) in [6, 6.07) is 10.00. The quantitative estimate of drug-likeness (QED) is 0.762. The van der Waals surface area contributed by atoms with Crippen molar-refractivity contribution < 1.29 is 9.90 Å². The Morgan fingerprint density at radius 3 is 2.62 bits per heavy atom. The van der Waals surface area contributed by atoms with Gasteiger partial charge in [-0.3, -0.25) is 4.90 Å². The highest BCUT2D eigenvalue weighted by molar-refractivity contribution is 5.77. The lowest BCUT2D eigenvalue weighted by Crippen LogP contribution is -2.50. The second kappa shape index (κ2) is 6.76. The minimum atomic E-state index is -0.888. The number of carboxylic acids is 1. The van der Waals surface area contributed by atoms with Gasteiger partial charge in [-0.2, -0.15) is 5.10 Å². The van der Waals surface area contributed by atoms with E-state index in [0.29, 0.717) is 12.8 Å². The molecule has 0 bridgehead atoms. The maximum atomic E-state index is 11.9. The molecule has 0 atom stereocenters. The van der Waals surface area contributed by atoms with Crippen LogP contribution in [0.1, 0.15) is 18.4 Å². The summed E-state index contributed by atoms with van der Waals surface area (Å²) in [5.74, 6) is -0.785. The van der Waals surface area contributed by atoms with E-state index >= 15 is 0 Å². The normalized spacial score (nSPS) is 17.2. The molecule has 26 heavy (non-hydrogen) atoms. The average molecular weight is 351 g/mol. The Morgan fingerprint density at radius 1 is 1.19 bits per heavy atom. The number of hydrogen-bond donors (Lipinski definition) is 1. The van der Waals surface area contributed by atoms with Crippen LogP contribution >= 0.6 is 0 Å². The van der Waals surface area contributed by atoms with Crippen molar-refractivity contribution in [1.29, 1.82) is 0 Å². The molecule has 0 amide bonds. The molecule has 3 aromatic rings. The lowest BCUT2D eigenvalue weighted by atomic mass is 9.87. The van der Waals surface area contributed by atoms with Crippen molar-refractivity contribution in [2.45, 2.75) is 24.9 Å². The molecule has 0 aliphatic carbocycles. The molecule has 4 rings (SSSR count). The number of carboxylic acid groups (broad SMARTS) is 1. The van der Waals surface area contributed by atoms with Gasteiger partial charge in [0.1, 0.15) is 5.54 Å². The molecule has 0 radical (unpaired) electrons. The molecule has 0 unspecified atom stereocenters.